The summed E-state index contributed by atoms with van der Waals surface area (Å²) in [5, 5.41) is 0.795. The normalized spacial score (nSPS) is 22.1. The quantitative estimate of drug-likeness (QED) is 0.853. The smallest absolute Gasteiger partial charge is 0.232 e. The van der Waals surface area contributed by atoms with Crippen LogP contribution in [0.3, 0.4) is 0 Å². The third-order valence-electron chi connectivity index (χ3n) is 4.76. The molecule has 5 nitrogen and oxygen atoms in total. The summed E-state index contributed by atoms with van der Waals surface area (Å²) in [6.45, 7) is 2.74. The van der Waals surface area contributed by atoms with Crippen molar-refractivity contribution in [2.75, 3.05) is 31.3 Å². The zero-order valence-corrected chi connectivity index (χ0v) is 14.5. The second kappa shape index (κ2) is 7.17. The number of fused-ring (bicyclic) bond motifs is 1. The van der Waals surface area contributed by atoms with Crippen LogP contribution in [-0.2, 0) is 14.3 Å². The molecule has 1 amide bonds. The number of anilines is 1. The molecule has 1 atom stereocenters. The van der Waals surface area contributed by atoms with E-state index in [0.717, 1.165) is 47.6 Å². The van der Waals surface area contributed by atoms with Crippen LogP contribution in [0, 0.1) is 5.92 Å². The molecule has 6 heteroatoms. The second-order valence-electron chi connectivity index (χ2n) is 6.43. The van der Waals surface area contributed by atoms with Crippen LogP contribution in [0.4, 0.5) is 5.13 Å². The summed E-state index contributed by atoms with van der Waals surface area (Å²) in [5.74, 6) is 0.208. The molecule has 0 bridgehead atoms. The highest BCUT2D eigenvalue weighted by Crippen LogP contribution is 2.31. The van der Waals surface area contributed by atoms with Gasteiger partial charge in [-0.15, -0.1) is 0 Å². The fourth-order valence-corrected chi connectivity index (χ4v) is 4.37. The van der Waals surface area contributed by atoms with Crippen LogP contribution in [0.25, 0.3) is 10.2 Å². The van der Waals surface area contributed by atoms with E-state index in [2.05, 4.69) is 6.07 Å². The number of nitrogens with zero attached hydrogens (tertiary/aromatic N) is 2. The molecule has 2 aromatic rings. The Kier molecular flexibility index (Phi) is 4.78. The Morgan fingerprint density at radius 3 is 2.79 bits per heavy atom. The number of carbonyl (C=O) groups excluding carboxylic acids is 1. The Balaban J connectivity index is 1.61. The summed E-state index contributed by atoms with van der Waals surface area (Å²) >= 11 is 1.59. The molecule has 0 saturated carbocycles. The van der Waals surface area contributed by atoms with Crippen LogP contribution in [0.2, 0.25) is 0 Å². The van der Waals surface area contributed by atoms with Crippen molar-refractivity contribution in [3.63, 3.8) is 0 Å². The molecule has 0 N–H and O–H groups in total. The van der Waals surface area contributed by atoms with Gasteiger partial charge < -0.3 is 9.47 Å². The molecule has 2 saturated heterocycles. The van der Waals surface area contributed by atoms with Crippen molar-refractivity contribution in [1.29, 1.82) is 0 Å². The summed E-state index contributed by atoms with van der Waals surface area (Å²) in [5.41, 5.74) is 0.953. The lowest BCUT2D eigenvalue weighted by molar-refractivity contribution is -0.125. The molecule has 0 spiro atoms. The van der Waals surface area contributed by atoms with Gasteiger partial charge in [-0.05, 0) is 37.8 Å². The Labute approximate surface area is 145 Å². The van der Waals surface area contributed by atoms with E-state index in [-0.39, 0.29) is 17.9 Å². The molecule has 0 radical (unpaired) electrons. The molecule has 1 aromatic carbocycles. The third-order valence-corrected chi connectivity index (χ3v) is 5.82. The van der Waals surface area contributed by atoms with Gasteiger partial charge in [0.15, 0.2) is 5.13 Å². The lowest BCUT2D eigenvalue weighted by Crippen LogP contribution is -2.42. The molecule has 24 heavy (non-hydrogen) atoms. The van der Waals surface area contributed by atoms with E-state index in [0.29, 0.717) is 19.8 Å². The average Bonchev–Trinajstić information content (AvgIpc) is 3.29. The van der Waals surface area contributed by atoms with Crippen LogP contribution in [0.5, 0.6) is 0 Å². The molecule has 4 rings (SSSR count). The maximum atomic E-state index is 13.1. The fraction of sp³-hybridized carbons (Fsp3) is 0.556. The number of amides is 1. The molecular formula is C18H22N2O3S. The van der Waals surface area contributed by atoms with Crippen molar-refractivity contribution in [1.82, 2.24) is 4.98 Å². The maximum absolute atomic E-state index is 13.1. The van der Waals surface area contributed by atoms with Gasteiger partial charge in [0.25, 0.3) is 0 Å². The minimum atomic E-state index is 0.0344. The van der Waals surface area contributed by atoms with E-state index in [4.69, 9.17) is 14.5 Å². The molecular weight excluding hydrogens is 324 g/mol. The minimum absolute atomic E-state index is 0.0344. The zero-order valence-electron chi connectivity index (χ0n) is 13.6. The maximum Gasteiger partial charge on any atom is 0.232 e. The minimum Gasteiger partial charge on any atom is -0.381 e. The number of hydrogen-bond acceptors (Lipinski definition) is 5. The monoisotopic (exact) mass is 346 g/mol. The van der Waals surface area contributed by atoms with Crippen molar-refractivity contribution >= 4 is 32.6 Å². The lowest BCUT2D eigenvalue weighted by atomic mass is 9.98. The van der Waals surface area contributed by atoms with Gasteiger partial charge in [-0.2, -0.15) is 0 Å². The topological polar surface area (TPSA) is 51.7 Å². The molecule has 1 aromatic heterocycles. The molecule has 2 aliphatic heterocycles. The van der Waals surface area contributed by atoms with Gasteiger partial charge in [-0.3, -0.25) is 9.69 Å². The average molecular weight is 346 g/mol. The van der Waals surface area contributed by atoms with Crippen LogP contribution >= 0.6 is 11.3 Å². The van der Waals surface area contributed by atoms with Crippen molar-refractivity contribution in [3.8, 4) is 0 Å². The molecule has 0 aliphatic carbocycles. The number of rotatable bonds is 4. The van der Waals surface area contributed by atoms with E-state index in [9.17, 15) is 4.79 Å². The van der Waals surface area contributed by atoms with Crippen molar-refractivity contribution in [3.05, 3.63) is 24.3 Å². The Hall–Kier alpha value is -1.50. The number of aromatic nitrogens is 1. The van der Waals surface area contributed by atoms with Crippen LogP contribution in [-0.4, -0.2) is 43.4 Å². The van der Waals surface area contributed by atoms with Gasteiger partial charge in [-0.25, -0.2) is 4.98 Å². The second-order valence-corrected chi connectivity index (χ2v) is 7.44. The van der Waals surface area contributed by atoms with E-state index in [1.54, 1.807) is 11.3 Å². The molecule has 2 fully saturated rings. The number of carbonyl (C=O) groups is 1. The van der Waals surface area contributed by atoms with Crippen molar-refractivity contribution in [2.24, 2.45) is 5.92 Å². The van der Waals surface area contributed by atoms with Gasteiger partial charge in [0.05, 0.1) is 22.9 Å². The van der Waals surface area contributed by atoms with Gasteiger partial charge >= 0.3 is 0 Å². The summed E-state index contributed by atoms with van der Waals surface area (Å²) in [4.78, 5) is 19.7. The summed E-state index contributed by atoms with van der Waals surface area (Å²) < 4.78 is 12.3. The van der Waals surface area contributed by atoms with Crippen LogP contribution in [0.15, 0.2) is 24.3 Å². The summed E-state index contributed by atoms with van der Waals surface area (Å²) in [7, 11) is 0. The standard InChI is InChI=1S/C18H22N2O3S/c21-17(13-7-10-22-11-8-13)20(12-14-4-3-9-23-14)18-19-15-5-1-2-6-16(15)24-18/h1-2,5-6,13-14H,3-4,7-12H2/t14-/m1/s1. The number of ether oxygens (including phenoxy) is 2. The number of para-hydroxylation sites is 1. The first-order valence-corrected chi connectivity index (χ1v) is 9.49. The molecule has 0 unspecified atom stereocenters. The van der Waals surface area contributed by atoms with Crippen molar-refractivity contribution < 1.29 is 14.3 Å². The van der Waals surface area contributed by atoms with E-state index < -0.39 is 0 Å². The largest absolute Gasteiger partial charge is 0.381 e. The van der Waals surface area contributed by atoms with Crippen molar-refractivity contribution in [2.45, 2.75) is 31.8 Å². The number of hydrogen-bond donors (Lipinski definition) is 0. The number of benzene rings is 1. The fourth-order valence-electron chi connectivity index (χ4n) is 3.39. The van der Waals surface area contributed by atoms with E-state index in [1.807, 2.05) is 23.1 Å². The van der Waals surface area contributed by atoms with Crippen LogP contribution < -0.4 is 4.90 Å². The lowest BCUT2D eigenvalue weighted by Gasteiger charge is -2.29. The highest BCUT2D eigenvalue weighted by Gasteiger charge is 2.31. The first-order valence-electron chi connectivity index (χ1n) is 8.67. The highest BCUT2D eigenvalue weighted by atomic mass is 32.1. The molecule has 128 valence electrons. The van der Waals surface area contributed by atoms with E-state index >= 15 is 0 Å². The highest BCUT2D eigenvalue weighted by molar-refractivity contribution is 7.22. The van der Waals surface area contributed by atoms with Gasteiger partial charge in [0.2, 0.25) is 5.91 Å². The zero-order chi connectivity index (χ0) is 16.4. The predicted octanol–water partition coefficient (Wildman–Crippen LogP) is 3.23. The third kappa shape index (κ3) is 3.31. The Bertz CT molecular complexity index is 672. The van der Waals surface area contributed by atoms with E-state index in [1.165, 1.54) is 0 Å². The van der Waals surface area contributed by atoms with Gasteiger partial charge in [-0.1, -0.05) is 23.5 Å². The molecule has 3 heterocycles. The predicted molar refractivity (Wildman–Crippen MR) is 94.5 cm³/mol. The van der Waals surface area contributed by atoms with Gasteiger partial charge in [0, 0.05) is 25.7 Å². The summed E-state index contributed by atoms with van der Waals surface area (Å²) in [6, 6.07) is 8.05. The first kappa shape index (κ1) is 16.0. The summed E-state index contributed by atoms with van der Waals surface area (Å²) in [6.07, 6.45) is 3.81. The number of thiazole rings is 1. The Morgan fingerprint density at radius 1 is 1.21 bits per heavy atom. The molecule has 2 aliphatic rings. The first-order chi connectivity index (χ1) is 11.8. The van der Waals surface area contributed by atoms with Gasteiger partial charge in [0.1, 0.15) is 0 Å². The SMILES string of the molecule is O=C(C1CCOCC1)N(C[C@H]1CCCO1)c1nc2ccccc2s1. The Morgan fingerprint density at radius 2 is 2.04 bits per heavy atom. The van der Waals surface area contributed by atoms with Crippen LogP contribution in [0.1, 0.15) is 25.7 Å².